The Morgan fingerprint density at radius 1 is 1.00 bits per heavy atom. The van der Waals surface area contributed by atoms with Gasteiger partial charge in [-0.3, -0.25) is 4.90 Å². The quantitative estimate of drug-likeness (QED) is 0.727. The zero-order valence-corrected chi connectivity index (χ0v) is 13.2. The summed E-state index contributed by atoms with van der Waals surface area (Å²) in [6.07, 6.45) is 5.49. The van der Waals surface area contributed by atoms with Crippen molar-refractivity contribution in [2.75, 3.05) is 45.8 Å². The van der Waals surface area contributed by atoms with Crippen LogP contribution in [0.3, 0.4) is 0 Å². The number of nitrogens with one attached hydrogen (secondary N) is 1. The van der Waals surface area contributed by atoms with Crippen molar-refractivity contribution in [3.63, 3.8) is 0 Å². The van der Waals surface area contributed by atoms with Gasteiger partial charge < -0.3 is 10.2 Å². The maximum Gasteiger partial charge on any atom is 0.0113 e. The Labute approximate surface area is 119 Å². The lowest BCUT2D eigenvalue weighted by Crippen LogP contribution is -2.52. The molecule has 2 rings (SSSR count). The van der Waals surface area contributed by atoms with Crippen molar-refractivity contribution in [3.05, 3.63) is 0 Å². The Bertz CT molecular complexity index is 251. The summed E-state index contributed by atoms with van der Waals surface area (Å²) in [5.41, 5.74) is 0.484. The van der Waals surface area contributed by atoms with E-state index in [1.807, 2.05) is 0 Å². The van der Waals surface area contributed by atoms with E-state index in [-0.39, 0.29) is 0 Å². The zero-order chi connectivity index (χ0) is 13.7. The third-order valence-corrected chi connectivity index (χ3v) is 5.28. The fourth-order valence-corrected chi connectivity index (χ4v) is 3.37. The molecule has 1 saturated carbocycles. The summed E-state index contributed by atoms with van der Waals surface area (Å²) in [6.45, 7) is 15.7. The Morgan fingerprint density at radius 3 is 2.11 bits per heavy atom. The summed E-state index contributed by atoms with van der Waals surface area (Å²) in [4.78, 5) is 5.42. The summed E-state index contributed by atoms with van der Waals surface area (Å²) < 4.78 is 0. The van der Waals surface area contributed by atoms with Crippen LogP contribution in [-0.2, 0) is 0 Å². The van der Waals surface area contributed by atoms with Gasteiger partial charge in [-0.15, -0.1) is 0 Å². The maximum absolute atomic E-state index is 3.58. The van der Waals surface area contributed by atoms with Gasteiger partial charge in [0.05, 0.1) is 0 Å². The van der Waals surface area contributed by atoms with Gasteiger partial charge >= 0.3 is 0 Å². The minimum absolute atomic E-state index is 0.484. The topological polar surface area (TPSA) is 18.5 Å². The molecule has 0 aromatic heterocycles. The monoisotopic (exact) mass is 267 g/mol. The Morgan fingerprint density at radius 2 is 1.63 bits per heavy atom. The molecule has 112 valence electrons. The molecule has 0 bridgehead atoms. The van der Waals surface area contributed by atoms with Crippen LogP contribution < -0.4 is 5.32 Å². The molecule has 1 saturated heterocycles. The Balaban J connectivity index is 1.80. The first-order chi connectivity index (χ1) is 9.23. The van der Waals surface area contributed by atoms with Crippen molar-refractivity contribution in [2.24, 2.45) is 5.41 Å². The molecule has 19 heavy (non-hydrogen) atoms. The highest BCUT2D eigenvalue weighted by Gasteiger charge is 2.34. The van der Waals surface area contributed by atoms with Crippen LogP contribution in [0.4, 0.5) is 0 Å². The predicted octanol–water partition coefficient (Wildman–Crippen LogP) is 2.18. The zero-order valence-electron chi connectivity index (χ0n) is 13.2. The minimum atomic E-state index is 0.484. The molecule has 0 amide bonds. The molecule has 3 nitrogen and oxygen atoms in total. The van der Waals surface area contributed by atoms with Gasteiger partial charge in [0.25, 0.3) is 0 Å². The van der Waals surface area contributed by atoms with Gasteiger partial charge in [0.1, 0.15) is 0 Å². The molecule has 1 heterocycles. The molecule has 2 fully saturated rings. The number of nitrogens with zero attached hydrogens (tertiary/aromatic N) is 2. The predicted molar refractivity (Wildman–Crippen MR) is 82.6 cm³/mol. The normalized spacial score (nSPS) is 22.9. The van der Waals surface area contributed by atoms with Gasteiger partial charge in [0.2, 0.25) is 0 Å². The van der Waals surface area contributed by atoms with E-state index in [0.29, 0.717) is 5.41 Å². The minimum Gasteiger partial charge on any atom is -0.316 e. The summed E-state index contributed by atoms with van der Waals surface area (Å²) in [6, 6.07) is 0.950. The van der Waals surface area contributed by atoms with E-state index in [2.05, 4.69) is 35.9 Å². The highest BCUT2D eigenvalue weighted by Crippen LogP contribution is 2.30. The molecular formula is C16H33N3. The highest BCUT2D eigenvalue weighted by atomic mass is 15.3. The van der Waals surface area contributed by atoms with E-state index in [1.54, 1.807) is 0 Å². The second kappa shape index (κ2) is 7.05. The SMILES string of the molecule is CCNCC(CC)(CC)CN1CCN(C2CC2)CC1. The lowest BCUT2D eigenvalue weighted by molar-refractivity contribution is 0.0753. The van der Waals surface area contributed by atoms with E-state index in [9.17, 15) is 0 Å². The molecule has 2 aliphatic rings. The number of hydrogen-bond acceptors (Lipinski definition) is 3. The van der Waals surface area contributed by atoms with Crippen LogP contribution in [0.1, 0.15) is 46.5 Å². The summed E-state index contributed by atoms with van der Waals surface area (Å²) in [7, 11) is 0. The van der Waals surface area contributed by atoms with E-state index in [0.717, 1.165) is 12.6 Å². The lowest BCUT2D eigenvalue weighted by Gasteiger charge is -2.41. The molecule has 1 N–H and O–H groups in total. The summed E-state index contributed by atoms with van der Waals surface area (Å²) in [5, 5.41) is 3.58. The first-order valence-corrected chi connectivity index (χ1v) is 8.40. The molecule has 0 aromatic rings. The third kappa shape index (κ3) is 4.17. The highest BCUT2D eigenvalue weighted by molar-refractivity contribution is 4.90. The van der Waals surface area contributed by atoms with Crippen LogP contribution in [0.2, 0.25) is 0 Å². The summed E-state index contributed by atoms with van der Waals surface area (Å²) in [5.74, 6) is 0. The Kier molecular flexibility index (Phi) is 5.67. The smallest absolute Gasteiger partial charge is 0.0113 e. The second-order valence-electron chi connectivity index (χ2n) is 6.53. The first-order valence-electron chi connectivity index (χ1n) is 8.40. The molecule has 1 aliphatic heterocycles. The van der Waals surface area contributed by atoms with E-state index < -0.39 is 0 Å². The number of hydrogen-bond donors (Lipinski definition) is 1. The molecule has 0 aromatic carbocycles. The first kappa shape index (κ1) is 15.3. The van der Waals surface area contributed by atoms with Crippen LogP contribution in [0.15, 0.2) is 0 Å². The average Bonchev–Trinajstić information content (AvgIpc) is 3.29. The largest absolute Gasteiger partial charge is 0.316 e. The van der Waals surface area contributed by atoms with Crippen LogP contribution in [-0.4, -0.2) is 61.7 Å². The molecule has 0 spiro atoms. The van der Waals surface area contributed by atoms with Crippen molar-refractivity contribution in [3.8, 4) is 0 Å². The number of rotatable bonds is 8. The second-order valence-corrected chi connectivity index (χ2v) is 6.53. The average molecular weight is 267 g/mol. The van der Waals surface area contributed by atoms with Gasteiger partial charge in [-0.1, -0.05) is 20.8 Å². The third-order valence-electron chi connectivity index (χ3n) is 5.28. The fraction of sp³-hybridized carbons (Fsp3) is 1.00. The van der Waals surface area contributed by atoms with Gasteiger partial charge in [-0.2, -0.15) is 0 Å². The van der Waals surface area contributed by atoms with E-state index >= 15 is 0 Å². The van der Waals surface area contributed by atoms with Crippen LogP contribution in [0, 0.1) is 5.41 Å². The van der Waals surface area contributed by atoms with Gasteiger partial charge in [0.15, 0.2) is 0 Å². The van der Waals surface area contributed by atoms with Crippen molar-refractivity contribution in [1.29, 1.82) is 0 Å². The Hall–Kier alpha value is -0.120. The number of piperazine rings is 1. The van der Waals surface area contributed by atoms with Crippen LogP contribution >= 0.6 is 0 Å². The molecular weight excluding hydrogens is 234 g/mol. The molecule has 0 radical (unpaired) electrons. The standard InChI is InChI=1S/C16H33N3/c1-4-16(5-2,13-17-6-3)14-18-9-11-19(12-10-18)15-7-8-15/h15,17H,4-14H2,1-3H3. The van der Waals surface area contributed by atoms with Gasteiger partial charge in [-0.25, -0.2) is 0 Å². The van der Waals surface area contributed by atoms with Gasteiger partial charge in [0, 0.05) is 45.3 Å². The van der Waals surface area contributed by atoms with Crippen LogP contribution in [0.25, 0.3) is 0 Å². The lowest BCUT2D eigenvalue weighted by atomic mass is 9.81. The van der Waals surface area contributed by atoms with Gasteiger partial charge in [-0.05, 0) is 37.6 Å². The molecule has 3 heteroatoms. The molecule has 0 atom stereocenters. The molecule has 1 aliphatic carbocycles. The maximum atomic E-state index is 3.58. The fourth-order valence-electron chi connectivity index (χ4n) is 3.37. The molecule has 0 unspecified atom stereocenters. The van der Waals surface area contributed by atoms with Crippen molar-refractivity contribution in [2.45, 2.75) is 52.5 Å². The van der Waals surface area contributed by atoms with Crippen molar-refractivity contribution < 1.29 is 0 Å². The van der Waals surface area contributed by atoms with Crippen LogP contribution in [0.5, 0.6) is 0 Å². The summed E-state index contributed by atoms with van der Waals surface area (Å²) >= 11 is 0. The van der Waals surface area contributed by atoms with Crippen molar-refractivity contribution >= 4 is 0 Å². The van der Waals surface area contributed by atoms with E-state index in [1.165, 1.54) is 65.0 Å². The van der Waals surface area contributed by atoms with Crippen molar-refractivity contribution in [1.82, 2.24) is 15.1 Å². The van der Waals surface area contributed by atoms with E-state index in [4.69, 9.17) is 0 Å².